The molecule has 10 nitrogen and oxygen atoms in total. The first-order chi connectivity index (χ1) is 16.2. The number of nitrogens with one attached hydrogen (secondary N) is 1. The first kappa shape index (κ1) is 27.5. The highest BCUT2D eigenvalue weighted by Gasteiger charge is 2.43. The second-order valence-corrected chi connectivity index (χ2v) is 11.5. The van der Waals surface area contributed by atoms with Crippen LogP contribution in [0.4, 0.5) is 4.79 Å². The minimum absolute atomic E-state index is 0.0414. The fourth-order valence-corrected chi connectivity index (χ4v) is 6.27. The zero-order chi connectivity index (χ0) is 25.1. The number of hydrogen-bond donors (Lipinski definition) is 1. The van der Waals surface area contributed by atoms with Gasteiger partial charge in [0.05, 0.1) is 6.54 Å². The third kappa shape index (κ3) is 7.64. The molecule has 1 atom stereocenters. The largest absolute Gasteiger partial charge is 0.448 e. The van der Waals surface area contributed by atoms with E-state index in [2.05, 4.69) is 5.32 Å². The molecular weight excluding hydrogens is 458 g/mol. The molecule has 1 aliphatic rings. The molecule has 1 N–H and O–H groups in total. The van der Waals surface area contributed by atoms with Crippen LogP contribution in [0.1, 0.15) is 36.2 Å². The molecule has 0 saturated carbocycles. The van der Waals surface area contributed by atoms with E-state index in [9.17, 15) is 19.2 Å². The van der Waals surface area contributed by atoms with Crippen LogP contribution in [-0.2, 0) is 29.6 Å². The SMILES string of the molecule is CCO[Si](C)(CCCNC(=O)OCCN1C(=O)C(Cc2ccc(C=O)cc2)C(=O)N1C)OCC. The minimum atomic E-state index is -2.22. The van der Waals surface area contributed by atoms with E-state index in [0.29, 0.717) is 31.7 Å². The van der Waals surface area contributed by atoms with Crippen molar-refractivity contribution < 1.29 is 32.8 Å². The van der Waals surface area contributed by atoms with Gasteiger partial charge in [0.15, 0.2) is 0 Å². The lowest BCUT2D eigenvalue weighted by Crippen LogP contribution is -2.41. The zero-order valence-corrected chi connectivity index (χ0v) is 21.4. The lowest BCUT2D eigenvalue weighted by atomic mass is 9.98. The third-order valence-corrected chi connectivity index (χ3v) is 8.66. The van der Waals surface area contributed by atoms with Gasteiger partial charge in [0, 0.05) is 32.4 Å². The summed E-state index contributed by atoms with van der Waals surface area (Å²) in [4.78, 5) is 48.1. The van der Waals surface area contributed by atoms with Crippen molar-refractivity contribution >= 4 is 32.8 Å². The van der Waals surface area contributed by atoms with Crippen molar-refractivity contribution in [3.05, 3.63) is 35.4 Å². The van der Waals surface area contributed by atoms with Gasteiger partial charge in [-0.1, -0.05) is 24.3 Å². The van der Waals surface area contributed by atoms with Crippen molar-refractivity contribution in [1.29, 1.82) is 0 Å². The number of amides is 3. The van der Waals surface area contributed by atoms with E-state index in [0.717, 1.165) is 17.9 Å². The Hall–Kier alpha value is -2.76. The molecule has 34 heavy (non-hydrogen) atoms. The number of hydrazine groups is 1. The van der Waals surface area contributed by atoms with Crippen LogP contribution < -0.4 is 5.32 Å². The maximum absolute atomic E-state index is 12.8. The quantitative estimate of drug-likeness (QED) is 0.183. The fraction of sp³-hybridized carbons (Fsp3) is 0.565. The summed E-state index contributed by atoms with van der Waals surface area (Å²) >= 11 is 0. The van der Waals surface area contributed by atoms with Gasteiger partial charge in [-0.2, -0.15) is 0 Å². The molecule has 1 saturated heterocycles. The monoisotopic (exact) mass is 493 g/mol. The van der Waals surface area contributed by atoms with Gasteiger partial charge < -0.3 is 18.9 Å². The van der Waals surface area contributed by atoms with E-state index < -0.39 is 20.6 Å². The number of ether oxygens (including phenoxy) is 1. The highest BCUT2D eigenvalue weighted by molar-refractivity contribution is 6.66. The molecule has 0 spiro atoms. The van der Waals surface area contributed by atoms with Gasteiger partial charge in [-0.15, -0.1) is 0 Å². The summed E-state index contributed by atoms with van der Waals surface area (Å²) in [6.45, 7) is 7.53. The molecule has 1 heterocycles. The first-order valence-corrected chi connectivity index (χ1v) is 14.1. The topological polar surface area (TPSA) is 114 Å². The third-order valence-electron chi connectivity index (χ3n) is 5.60. The van der Waals surface area contributed by atoms with E-state index in [1.807, 2.05) is 20.4 Å². The van der Waals surface area contributed by atoms with Gasteiger partial charge in [-0.3, -0.25) is 19.4 Å². The van der Waals surface area contributed by atoms with E-state index in [1.54, 1.807) is 24.3 Å². The Balaban J connectivity index is 1.75. The molecule has 1 fully saturated rings. The maximum Gasteiger partial charge on any atom is 0.407 e. The summed E-state index contributed by atoms with van der Waals surface area (Å²) in [5.41, 5.74) is 1.32. The fourth-order valence-electron chi connectivity index (χ4n) is 3.85. The molecule has 0 aromatic heterocycles. The van der Waals surface area contributed by atoms with E-state index in [-0.39, 0.29) is 31.4 Å². The van der Waals surface area contributed by atoms with Crippen LogP contribution in [0.15, 0.2) is 24.3 Å². The highest BCUT2D eigenvalue weighted by atomic mass is 28.4. The van der Waals surface area contributed by atoms with Gasteiger partial charge >= 0.3 is 14.7 Å². The lowest BCUT2D eigenvalue weighted by molar-refractivity contribution is -0.144. The second kappa shape index (κ2) is 13.2. The summed E-state index contributed by atoms with van der Waals surface area (Å²) in [6.07, 6.45) is 1.10. The van der Waals surface area contributed by atoms with Crippen molar-refractivity contribution in [2.75, 3.05) is 40.0 Å². The lowest BCUT2D eigenvalue weighted by Gasteiger charge is -2.26. The van der Waals surface area contributed by atoms with Crippen molar-refractivity contribution in [3.8, 4) is 0 Å². The zero-order valence-electron chi connectivity index (χ0n) is 20.4. The van der Waals surface area contributed by atoms with Crippen LogP contribution >= 0.6 is 0 Å². The predicted molar refractivity (Wildman–Crippen MR) is 127 cm³/mol. The number of nitrogens with zero attached hydrogens (tertiary/aromatic N) is 2. The highest BCUT2D eigenvalue weighted by Crippen LogP contribution is 2.22. The van der Waals surface area contributed by atoms with Crippen LogP contribution in [0.25, 0.3) is 0 Å². The molecule has 1 aromatic rings. The molecule has 1 aliphatic heterocycles. The van der Waals surface area contributed by atoms with Crippen LogP contribution in [0.5, 0.6) is 0 Å². The van der Waals surface area contributed by atoms with Crippen molar-refractivity contribution in [1.82, 2.24) is 15.3 Å². The molecule has 1 aromatic carbocycles. The molecule has 2 rings (SSSR count). The minimum Gasteiger partial charge on any atom is -0.448 e. The summed E-state index contributed by atoms with van der Waals surface area (Å²) in [5.74, 6) is -1.49. The van der Waals surface area contributed by atoms with Crippen LogP contribution in [-0.4, -0.2) is 82.7 Å². The van der Waals surface area contributed by atoms with Crippen molar-refractivity contribution in [3.63, 3.8) is 0 Å². The van der Waals surface area contributed by atoms with Crippen molar-refractivity contribution in [2.45, 2.75) is 39.3 Å². The first-order valence-electron chi connectivity index (χ1n) is 11.6. The number of aldehydes is 1. The van der Waals surface area contributed by atoms with Crippen LogP contribution in [0, 0.1) is 5.92 Å². The summed E-state index contributed by atoms with van der Waals surface area (Å²) in [6, 6.07) is 7.51. The average Bonchev–Trinajstić information content (AvgIpc) is 3.01. The van der Waals surface area contributed by atoms with Gasteiger partial charge in [0.2, 0.25) is 0 Å². The smallest absolute Gasteiger partial charge is 0.407 e. The maximum atomic E-state index is 12.8. The number of carbonyl (C=O) groups excluding carboxylic acids is 4. The number of carbonyl (C=O) groups is 4. The number of alkyl carbamates (subject to hydrolysis) is 1. The summed E-state index contributed by atoms with van der Waals surface area (Å²) in [5, 5.41) is 5.25. The Morgan fingerprint density at radius 2 is 1.76 bits per heavy atom. The molecule has 0 radical (unpaired) electrons. The molecule has 3 amide bonds. The van der Waals surface area contributed by atoms with Crippen molar-refractivity contribution in [2.24, 2.45) is 5.92 Å². The van der Waals surface area contributed by atoms with E-state index in [1.165, 1.54) is 17.1 Å². The van der Waals surface area contributed by atoms with Crippen LogP contribution in [0.3, 0.4) is 0 Å². The van der Waals surface area contributed by atoms with Gasteiger partial charge in [0.1, 0.15) is 18.8 Å². The molecular formula is C23H35N3O7Si. The Morgan fingerprint density at radius 3 is 2.35 bits per heavy atom. The standard InChI is InChI=1S/C23H35N3O7Si/c1-5-32-34(4,33-6-2)15-7-12-24-23(30)31-14-13-26-22(29)20(21(28)25(26)3)16-18-8-10-19(17-27)11-9-18/h8-11,17,20H,5-7,12-16H2,1-4H3,(H,24,30). The predicted octanol–water partition coefficient (Wildman–Crippen LogP) is 2.13. The number of benzene rings is 1. The second-order valence-electron chi connectivity index (χ2n) is 8.11. The Labute approximate surface area is 201 Å². The summed E-state index contributed by atoms with van der Waals surface area (Å²) < 4.78 is 16.7. The van der Waals surface area contributed by atoms with Gasteiger partial charge in [0.25, 0.3) is 11.8 Å². The van der Waals surface area contributed by atoms with Gasteiger partial charge in [-0.25, -0.2) is 9.80 Å². The van der Waals surface area contributed by atoms with E-state index >= 15 is 0 Å². The molecule has 0 aliphatic carbocycles. The number of hydrogen-bond acceptors (Lipinski definition) is 7. The van der Waals surface area contributed by atoms with E-state index in [4.69, 9.17) is 13.6 Å². The Bertz CT molecular complexity index is 843. The number of rotatable bonds is 14. The molecule has 1 unspecified atom stereocenters. The Morgan fingerprint density at radius 1 is 1.12 bits per heavy atom. The molecule has 0 bridgehead atoms. The molecule has 11 heteroatoms. The average molecular weight is 494 g/mol. The normalized spacial score (nSPS) is 16.2. The molecule has 188 valence electrons. The van der Waals surface area contributed by atoms with Gasteiger partial charge in [-0.05, 0) is 44.8 Å². The van der Waals surface area contributed by atoms with Crippen LogP contribution in [0.2, 0.25) is 12.6 Å². The Kier molecular flexibility index (Phi) is 10.7. The summed E-state index contributed by atoms with van der Waals surface area (Å²) in [7, 11) is -0.694.